The predicted molar refractivity (Wildman–Crippen MR) is 38.6 cm³/mol. The molecule has 0 fully saturated rings. The van der Waals surface area contributed by atoms with E-state index in [1.165, 1.54) is 11.3 Å². The highest BCUT2D eigenvalue weighted by Gasteiger charge is 2.22. The lowest BCUT2D eigenvalue weighted by atomic mass is 10.2. The molecule has 2 heterocycles. The van der Waals surface area contributed by atoms with Crippen molar-refractivity contribution in [3.05, 3.63) is 17.8 Å². The lowest BCUT2D eigenvalue weighted by molar-refractivity contribution is 0.137. The van der Waals surface area contributed by atoms with Crippen molar-refractivity contribution < 1.29 is 14.3 Å². The van der Waals surface area contributed by atoms with Crippen LogP contribution >= 0.6 is 0 Å². The molecule has 1 aromatic rings. The van der Waals surface area contributed by atoms with Gasteiger partial charge in [0.2, 0.25) is 0 Å². The van der Waals surface area contributed by atoms with E-state index in [-0.39, 0.29) is 0 Å². The molecule has 0 radical (unpaired) electrons. The molecule has 1 aliphatic rings. The molecule has 5 nitrogen and oxygen atoms in total. The molecule has 0 spiro atoms. The molecular formula is C7H8N2O3. The summed E-state index contributed by atoms with van der Waals surface area (Å²) in [6, 6.07) is 0. The molecule has 0 saturated carbocycles. The Morgan fingerprint density at radius 3 is 3.33 bits per heavy atom. The van der Waals surface area contributed by atoms with Crippen molar-refractivity contribution in [1.29, 1.82) is 0 Å². The number of nitrogens with zero attached hydrogens (tertiary/aromatic N) is 2. The van der Waals surface area contributed by atoms with Crippen LogP contribution in [-0.2, 0) is 13.0 Å². The molecule has 64 valence electrons. The van der Waals surface area contributed by atoms with E-state index in [1.807, 2.05) is 0 Å². The molecule has 0 bridgehead atoms. The quantitative estimate of drug-likeness (QED) is 0.619. The third-order valence-corrected chi connectivity index (χ3v) is 1.95. The number of amides is 1. The molecule has 0 saturated heterocycles. The highest BCUT2D eigenvalue weighted by atomic mass is 16.4. The Balaban J connectivity index is 2.20. The number of carbonyl (C=O) groups is 1. The van der Waals surface area contributed by atoms with E-state index in [0.29, 0.717) is 19.5 Å². The van der Waals surface area contributed by atoms with Gasteiger partial charge in [0.25, 0.3) is 0 Å². The Labute approximate surface area is 68.6 Å². The van der Waals surface area contributed by atoms with Crippen molar-refractivity contribution in [3.63, 3.8) is 0 Å². The Kier molecular flexibility index (Phi) is 1.49. The fourth-order valence-electron chi connectivity index (χ4n) is 1.29. The Morgan fingerprint density at radius 2 is 2.58 bits per heavy atom. The van der Waals surface area contributed by atoms with Crippen LogP contribution in [0.3, 0.4) is 0 Å². The predicted octanol–water partition coefficient (Wildman–Crippen LogP) is 0.711. The zero-order valence-electron chi connectivity index (χ0n) is 6.36. The summed E-state index contributed by atoms with van der Waals surface area (Å²) >= 11 is 0. The first-order valence-corrected chi connectivity index (χ1v) is 3.66. The molecular weight excluding hydrogens is 160 g/mol. The topological polar surface area (TPSA) is 66.6 Å². The summed E-state index contributed by atoms with van der Waals surface area (Å²) < 4.78 is 5.05. The van der Waals surface area contributed by atoms with Crippen LogP contribution in [0.4, 0.5) is 4.79 Å². The Hall–Kier alpha value is -1.52. The zero-order chi connectivity index (χ0) is 8.55. The van der Waals surface area contributed by atoms with Gasteiger partial charge in [0.15, 0.2) is 6.39 Å². The standard InChI is InChI=1S/C7H8N2O3/c10-7(11)9-2-1-6-5(3-9)8-4-12-6/h4H,1-3H2,(H,10,11). The normalized spacial score (nSPS) is 15.8. The van der Waals surface area contributed by atoms with E-state index in [2.05, 4.69) is 4.98 Å². The van der Waals surface area contributed by atoms with Crippen LogP contribution in [0.25, 0.3) is 0 Å². The number of fused-ring (bicyclic) bond motifs is 1. The molecule has 1 aliphatic heterocycles. The van der Waals surface area contributed by atoms with Crippen molar-refractivity contribution in [1.82, 2.24) is 9.88 Å². The fraction of sp³-hybridized carbons (Fsp3) is 0.429. The van der Waals surface area contributed by atoms with E-state index in [9.17, 15) is 4.79 Å². The van der Waals surface area contributed by atoms with Crippen molar-refractivity contribution in [2.24, 2.45) is 0 Å². The zero-order valence-corrected chi connectivity index (χ0v) is 6.36. The highest BCUT2D eigenvalue weighted by Crippen LogP contribution is 2.16. The van der Waals surface area contributed by atoms with Crippen molar-refractivity contribution in [3.8, 4) is 0 Å². The molecule has 1 aromatic heterocycles. The van der Waals surface area contributed by atoms with E-state index in [0.717, 1.165) is 11.5 Å². The van der Waals surface area contributed by atoms with Gasteiger partial charge < -0.3 is 14.4 Å². The van der Waals surface area contributed by atoms with Crippen LogP contribution in [0.15, 0.2) is 10.8 Å². The lowest BCUT2D eigenvalue weighted by Gasteiger charge is -2.21. The summed E-state index contributed by atoms with van der Waals surface area (Å²) in [5, 5.41) is 8.67. The van der Waals surface area contributed by atoms with E-state index in [4.69, 9.17) is 9.52 Å². The van der Waals surface area contributed by atoms with Gasteiger partial charge in [0.05, 0.1) is 6.54 Å². The smallest absolute Gasteiger partial charge is 0.407 e. The largest absolute Gasteiger partial charge is 0.465 e. The van der Waals surface area contributed by atoms with Gasteiger partial charge in [-0.05, 0) is 0 Å². The maximum Gasteiger partial charge on any atom is 0.407 e. The third kappa shape index (κ3) is 1.03. The summed E-state index contributed by atoms with van der Waals surface area (Å²) in [5.41, 5.74) is 0.739. The number of aromatic nitrogens is 1. The highest BCUT2D eigenvalue weighted by molar-refractivity contribution is 5.65. The number of hydrogen-bond donors (Lipinski definition) is 1. The maximum absolute atomic E-state index is 10.6. The van der Waals surface area contributed by atoms with Gasteiger partial charge in [-0.25, -0.2) is 9.78 Å². The molecule has 5 heteroatoms. The molecule has 2 rings (SSSR count). The van der Waals surface area contributed by atoms with Crippen molar-refractivity contribution in [2.75, 3.05) is 6.54 Å². The summed E-state index contributed by atoms with van der Waals surface area (Å²) in [5.74, 6) is 0.813. The average molecular weight is 168 g/mol. The van der Waals surface area contributed by atoms with Crippen LogP contribution in [-0.4, -0.2) is 27.6 Å². The Bertz CT molecular complexity index is 307. The summed E-state index contributed by atoms with van der Waals surface area (Å²) in [6.45, 7) is 0.846. The molecule has 0 aliphatic carbocycles. The minimum absolute atomic E-state index is 0.348. The molecule has 1 N–H and O–H groups in total. The van der Waals surface area contributed by atoms with Gasteiger partial charge in [-0.2, -0.15) is 0 Å². The van der Waals surface area contributed by atoms with Crippen LogP contribution in [0, 0.1) is 0 Å². The second kappa shape index (κ2) is 2.51. The van der Waals surface area contributed by atoms with Gasteiger partial charge in [0.1, 0.15) is 11.5 Å². The van der Waals surface area contributed by atoms with Gasteiger partial charge in [-0.1, -0.05) is 0 Å². The number of oxazole rings is 1. The number of rotatable bonds is 0. The summed E-state index contributed by atoms with van der Waals surface area (Å²) in [4.78, 5) is 15.8. The van der Waals surface area contributed by atoms with Crippen molar-refractivity contribution >= 4 is 6.09 Å². The van der Waals surface area contributed by atoms with Gasteiger partial charge >= 0.3 is 6.09 Å². The summed E-state index contributed by atoms with van der Waals surface area (Å²) in [6.07, 6.45) is 1.08. The monoisotopic (exact) mass is 168 g/mol. The van der Waals surface area contributed by atoms with Crippen molar-refractivity contribution in [2.45, 2.75) is 13.0 Å². The average Bonchev–Trinajstić information content (AvgIpc) is 2.49. The minimum Gasteiger partial charge on any atom is -0.465 e. The SMILES string of the molecule is O=C(O)N1CCc2ocnc2C1. The molecule has 1 amide bonds. The third-order valence-electron chi connectivity index (χ3n) is 1.95. The summed E-state index contributed by atoms with van der Waals surface area (Å²) in [7, 11) is 0. The van der Waals surface area contributed by atoms with E-state index < -0.39 is 6.09 Å². The minimum atomic E-state index is -0.899. The van der Waals surface area contributed by atoms with Crippen LogP contribution < -0.4 is 0 Å². The second-order valence-corrected chi connectivity index (χ2v) is 2.68. The Morgan fingerprint density at radius 1 is 1.75 bits per heavy atom. The molecule has 12 heavy (non-hydrogen) atoms. The van der Waals surface area contributed by atoms with E-state index >= 15 is 0 Å². The first kappa shape index (κ1) is 7.15. The fourth-order valence-corrected chi connectivity index (χ4v) is 1.29. The van der Waals surface area contributed by atoms with Crippen LogP contribution in [0.5, 0.6) is 0 Å². The van der Waals surface area contributed by atoms with Crippen LogP contribution in [0.1, 0.15) is 11.5 Å². The van der Waals surface area contributed by atoms with Crippen LogP contribution in [0.2, 0.25) is 0 Å². The van der Waals surface area contributed by atoms with Gasteiger partial charge in [0, 0.05) is 13.0 Å². The molecule has 0 atom stereocenters. The van der Waals surface area contributed by atoms with Gasteiger partial charge in [-0.3, -0.25) is 0 Å². The lowest BCUT2D eigenvalue weighted by Crippen LogP contribution is -2.34. The maximum atomic E-state index is 10.6. The molecule has 0 unspecified atom stereocenters. The van der Waals surface area contributed by atoms with E-state index in [1.54, 1.807) is 0 Å². The number of hydrogen-bond acceptors (Lipinski definition) is 3. The first-order chi connectivity index (χ1) is 5.77. The first-order valence-electron chi connectivity index (χ1n) is 3.66. The van der Waals surface area contributed by atoms with Gasteiger partial charge in [-0.15, -0.1) is 0 Å². The second-order valence-electron chi connectivity index (χ2n) is 2.68. The molecule has 0 aromatic carbocycles. The number of carboxylic acid groups (broad SMARTS) is 1.